The van der Waals surface area contributed by atoms with Crippen LogP contribution in [0.5, 0.6) is 5.75 Å². The molecule has 146 valence electrons. The molecule has 0 aliphatic rings. The van der Waals surface area contributed by atoms with Crippen LogP contribution in [-0.2, 0) is 15.9 Å². The fourth-order valence-electron chi connectivity index (χ4n) is 2.13. The van der Waals surface area contributed by atoms with Crippen molar-refractivity contribution < 1.29 is 17.7 Å². The molecule has 0 aliphatic carbocycles. The van der Waals surface area contributed by atoms with E-state index in [-0.39, 0.29) is 0 Å². The van der Waals surface area contributed by atoms with Gasteiger partial charge in [-0.15, -0.1) is 0 Å². The number of unbranched alkanes of at least 4 members (excludes halogenated alkanes) is 5. The SMILES string of the molecule is CCCCCCCCOc1ccc(N)cc1CSCC.CS(=O)(=O)O. The molecule has 0 unspecified atom stereocenters. The molecule has 7 heteroatoms. The van der Waals surface area contributed by atoms with E-state index in [1.807, 2.05) is 30.0 Å². The lowest BCUT2D eigenvalue weighted by Gasteiger charge is -2.12. The van der Waals surface area contributed by atoms with Crippen LogP contribution >= 0.6 is 11.8 Å². The number of rotatable bonds is 11. The third-order valence-electron chi connectivity index (χ3n) is 3.30. The number of thioether (sulfide) groups is 1. The zero-order valence-corrected chi connectivity index (χ0v) is 17.3. The summed E-state index contributed by atoms with van der Waals surface area (Å²) in [7, 11) is -3.67. The van der Waals surface area contributed by atoms with Gasteiger partial charge in [-0.1, -0.05) is 46.0 Å². The lowest BCUT2D eigenvalue weighted by molar-refractivity contribution is 0.302. The van der Waals surface area contributed by atoms with Crippen LogP contribution in [0.25, 0.3) is 0 Å². The fourth-order valence-corrected chi connectivity index (χ4v) is 2.78. The molecule has 25 heavy (non-hydrogen) atoms. The third kappa shape index (κ3) is 16.3. The zero-order valence-electron chi connectivity index (χ0n) is 15.7. The number of hydrogen-bond acceptors (Lipinski definition) is 5. The molecule has 0 saturated carbocycles. The van der Waals surface area contributed by atoms with E-state index in [1.165, 1.54) is 37.7 Å². The molecule has 1 aromatic rings. The normalized spacial score (nSPS) is 10.9. The second-order valence-corrected chi connectivity index (χ2v) is 8.59. The van der Waals surface area contributed by atoms with Crippen LogP contribution < -0.4 is 10.5 Å². The van der Waals surface area contributed by atoms with Gasteiger partial charge in [0, 0.05) is 17.0 Å². The van der Waals surface area contributed by atoms with Crippen molar-refractivity contribution in [2.24, 2.45) is 0 Å². The minimum absolute atomic E-state index is 0.715. The van der Waals surface area contributed by atoms with Crippen molar-refractivity contribution in [3.63, 3.8) is 0 Å². The van der Waals surface area contributed by atoms with Gasteiger partial charge in [-0.05, 0) is 30.4 Å². The van der Waals surface area contributed by atoms with Gasteiger partial charge in [0.2, 0.25) is 0 Å². The first kappa shape index (κ1) is 24.1. The highest BCUT2D eigenvalue weighted by Crippen LogP contribution is 2.26. The first-order valence-electron chi connectivity index (χ1n) is 8.79. The van der Waals surface area contributed by atoms with Gasteiger partial charge in [-0.25, -0.2) is 0 Å². The third-order valence-corrected chi connectivity index (χ3v) is 4.23. The van der Waals surface area contributed by atoms with E-state index in [9.17, 15) is 8.42 Å². The Morgan fingerprint density at radius 2 is 1.72 bits per heavy atom. The van der Waals surface area contributed by atoms with Crippen molar-refractivity contribution in [1.29, 1.82) is 0 Å². The van der Waals surface area contributed by atoms with Crippen molar-refractivity contribution in [2.75, 3.05) is 24.3 Å². The second kappa shape index (κ2) is 14.3. The Hall–Kier alpha value is -0.920. The molecule has 0 atom stereocenters. The van der Waals surface area contributed by atoms with Crippen molar-refractivity contribution in [3.8, 4) is 5.75 Å². The average Bonchev–Trinajstić information content (AvgIpc) is 2.52. The van der Waals surface area contributed by atoms with E-state index in [0.29, 0.717) is 6.26 Å². The van der Waals surface area contributed by atoms with Gasteiger partial charge in [0.25, 0.3) is 10.1 Å². The maximum Gasteiger partial charge on any atom is 0.261 e. The van der Waals surface area contributed by atoms with Crippen molar-refractivity contribution in [2.45, 2.75) is 58.1 Å². The highest BCUT2D eigenvalue weighted by molar-refractivity contribution is 7.98. The van der Waals surface area contributed by atoms with Crippen LogP contribution in [0.15, 0.2) is 18.2 Å². The Labute approximate surface area is 157 Å². The summed E-state index contributed by atoms with van der Waals surface area (Å²) in [5.41, 5.74) is 7.90. The monoisotopic (exact) mass is 391 g/mol. The number of benzene rings is 1. The van der Waals surface area contributed by atoms with E-state index in [4.69, 9.17) is 15.0 Å². The maximum atomic E-state index is 9.19. The number of ether oxygens (including phenoxy) is 1. The summed E-state index contributed by atoms with van der Waals surface area (Å²) in [6.07, 6.45) is 8.49. The molecule has 1 aromatic carbocycles. The Morgan fingerprint density at radius 3 is 2.32 bits per heavy atom. The van der Waals surface area contributed by atoms with E-state index in [2.05, 4.69) is 13.8 Å². The van der Waals surface area contributed by atoms with E-state index in [0.717, 1.165) is 36.0 Å². The van der Waals surface area contributed by atoms with E-state index in [1.54, 1.807) is 0 Å². The minimum Gasteiger partial charge on any atom is -0.493 e. The first-order valence-corrected chi connectivity index (χ1v) is 11.8. The highest BCUT2D eigenvalue weighted by atomic mass is 32.2. The Kier molecular flexibility index (Phi) is 13.7. The lowest BCUT2D eigenvalue weighted by Crippen LogP contribution is -2.01. The molecule has 0 aromatic heterocycles. The van der Waals surface area contributed by atoms with E-state index >= 15 is 0 Å². The number of nitrogens with two attached hydrogens (primary N) is 1. The van der Waals surface area contributed by atoms with E-state index < -0.39 is 10.1 Å². The summed E-state index contributed by atoms with van der Waals surface area (Å²) in [6.45, 7) is 5.24. The van der Waals surface area contributed by atoms with Crippen LogP contribution in [0.2, 0.25) is 0 Å². The van der Waals surface area contributed by atoms with Gasteiger partial charge in [0.15, 0.2) is 0 Å². The standard InChI is InChI=1S/C17H29NOS.CH4O3S/c1-3-5-6-7-8-9-12-19-17-11-10-16(18)13-15(17)14-20-4-2;1-5(2,3)4/h10-11,13H,3-9,12,14,18H2,1-2H3;1H3,(H,2,3,4). The van der Waals surface area contributed by atoms with Crippen LogP contribution in [0, 0.1) is 0 Å². The maximum absolute atomic E-state index is 9.19. The Balaban J connectivity index is 0.00000101. The molecule has 0 aliphatic heterocycles. The Morgan fingerprint density at radius 1 is 1.12 bits per heavy atom. The predicted molar refractivity (Wildman–Crippen MR) is 109 cm³/mol. The summed E-state index contributed by atoms with van der Waals surface area (Å²) in [5, 5.41) is 0. The molecular weight excluding hydrogens is 358 g/mol. The molecule has 0 radical (unpaired) electrons. The highest BCUT2D eigenvalue weighted by Gasteiger charge is 2.04. The zero-order chi connectivity index (χ0) is 19.1. The quantitative estimate of drug-likeness (QED) is 0.321. The number of nitrogen functional groups attached to an aromatic ring is 1. The topological polar surface area (TPSA) is 89.6 Å². The predicted octanol–water partition coefficient (Wildman–Crippen LogP) is 4.77. The molecule has 5 nitrogen and oxygen atoms in total. The molecule has 3 N–H and O–H groups in total. The molecule has 0 amide bonds. The Bertz CT molecular complexity index is 554. The summed E-state index contributed by atoms with van der Waals surface area (Å²) >= 11 is 1.90. The molecule has 0 saturated heterocycles. The average molecular weight is 392 g/mol. The van der Waals surface area contributed by atoms with Gasteiger partial charge in [-0.2, -0.15) is 20.2 Å². The summed E-state index contributed by atoms with van der Waals surface area (Å²) in [5.74, 6) is 3.10. The van der Waals surface area contributed by atoms with Crippen LogP contribution in [0.3, 0.4) is 0 Å². The molecular formula is C18H33NO4S2. The van der Waals surface area contributed by atoms with Crippen molar-refractivity contribution in [1.82, 2.24) is 0 Å². The van der Waals surface area contributed by atoms with Crippen molar-refractivity contribution >= 4 is 27.6 Å². The van der Waals surface area contributed by atoms with Gasteiger partial charge in [0.05, 0.1) is 12.9 Å². The van der Waals surface area contributed by atoms with Crippen LogP contribution in [-0.4, -0.2) is 31.6 Å². The lowest BCUT2D eigenvalue weighted by atomic mass is 10.1. The summed E-state index contributed by atoms with van der Waals surface area (Å²) in [6, 6.07) is 5.98. The first-order chi connectivity index (χ1) is 11.8. The van der Waals surface area contributed by atoms with Crippen LogP contribution in [0.4, 0.5) is 5.69 Å². The van der Waals surface area contributed by atoms with Gasteiger partial charge >= 0.3 is 0 Å². The largest absolute Gasteiger partial charge is 0.493 e. The number of hydrogen-bond donors (Lipinski definition) is 2. The molecule has 1 rings (SSSR count). The summed E-state index contributed by atoms with van der Waals surface area (Å²) in [4.78, 5) is 0. The molecule has 0 fully saturated rings. The second-order valence-electron chi connectivity index (χ2n) is 5.85. The summed E-state index contributed by atoms with van der Waals surface area (Å²) < 4.78 is 31.8. The van der Waals surface area contributed by atoms with Crippen LogP contribution in [0.1, 0.15) is 57.9 Å². The smallest absolute Gasteiger partial charge is 0.261 e. The molecule has 0 spiro atoms. The fraction of sp³-hybridized carbons (Fsp3) is 0.667. The molecule has 0 heterocycles. The van der Waals surface area contributed by atoms with Gasteiger partial charge < -0.3 is 10.5 Å². The van der Waals surface area contributed by atoms with Gasteiger partial charge in [0.1, 0.15) is 5.75 Å². The molecule has 0 bridgehead atoms. The van der Waals surface area contributed by atoms with Crippen molar-refractivity contribution in [3.05, 3.63) is 23.8 Å². The van der Waals surface area contributed by atoms with Gasteiger partial charge in [-0.3, -0.25) is 4.55 Å². The number of anilines is 1. The minimum atomic E-state index is -3.67.